The standard InChI is InChI=1S/C15H24N4OS/c1-5-7-16-12(15-13(20-4)6-8-21-15)9-14-17-10-18-19(14)11(2)3/h6,8,10-12,16H,5,7,9H2,1-4H3. The topological polar surface area (TPSA) is 52.0 Å². The molecule has 2 aromatic heterocycles. The third kappa shape index (κ3) is 3.83. The van der Waals surface area contributed by atoms with E-state index in [9.17, 15) is 0 Å². The zero-order valence-electron chi connectivity index (χ0n) is 13.2. The van der Waals surface area contributed by atoms with Gasteiger partial charge in [-0.15, -0.1) is 11.3 Å². The Balaban J connectivity index is 2.22. The van der Waals surface area contributed by atoms with Crippen LogP contribution in [0.3, 0.4) is 0 Å². The summed E-state index contributed by atoms with van der Waals surface area (Å²) in [7, 11) is 1.72. The predicted molar refractivity (Wildman–Crippen MR) is 86.0 cm³/mol. The lowest BCUT2D eigenvalue weighted by Crippen LogP contribution is -2.25. The minimum Gasteiger partial charge on any atom is -0.496 e. The lowest BCUT2D eigenvalue weighted by molar-refractivity contribution is 0.399. The summed E-state index contributed by atoms with van der Waals surface area (Å²) in [5.74, 6) is 1.96. The minimum atomic E-state index is 0.210. The van der Waals surface area contributed by atoms with Crippen LogP contribution in [-0.2, 0) is 6.42 Å². The van der Waals surface area contributed by atoms with E-state index in [0.717, 1.165) is 31.0 Å². The number of thiophene rings is 1. The molecule has 0 aliphatic carbocycles. The molecular formula is C15H24N4OS. The summed E-state index contributed by atoms with van der Waals surface area (Å²) < 4.78 is 7.46. The van der Waals surface area contributed by atoms with Gasteiger partial charge in [0.05, 0.1) is 18.0 Å². The highest BCUT2D eigenvalue weighted by atomic mass is 32.1. The molecule has 0 saturated carbocycles. The summed E-state index contributed by atoms with van der Waals surface area (Å²) >= 11 is 1.72. The van der Waals surface area contributed by atoms with Crippen LogP contribution in [-0.4, -0.2) is 28.4 Å². The van der Waals surface area contributed by atoms with Gasteiger partial charge in [0.15, 0.2) is 0 Å². The van der Waals surface area contributed by atoms with Crippen molar-refractivity contribution in [3.63, 3.8) is 0 Å². The summed E-state index contributed by atoms with van der Waals surface area (Å²) in [6.45, 7) is 7.39. The molecule has 2 heterocycles. The maximum atomic E-state index is 5.47. The Hall–Kier alpha value is -1.40. The molecule has 0 saturated heterocycles. The van der Waals surface area contributed by atoms with E-state index >= 15 is 0 Å². The van der Waals surface area contributed by atoms with E-state index in [2.05, 4.69) is 41.6 Å². The van der Waals surface area contributed by atoms with E-state index in [-0.39, 0.29) is 6.04 Å². The molecular weight excluding hydrogens is 284 g/mol. The van der Waals surface area contributed by atoms with Crippen molar-refractivity contribution in [2.75, 3.05) is 13.7 Å². The van der Waals surface area contributed by atoms with Crippen molar-refractivity contribution in [2.24, 2.45) is 0 Å². The molecule has 2 aromatic rings. The van der Waals surface area contributed by atoms with Crippen LogP contribution < -0.4 is 10.1 Å². The number of nitrogens with zero attached hydrogens (tertiary/aromatic N) is 3. The maximum absolute atomic E-state index is 5.47. The van der Waals surface area contributed by atoms with E-state index < -0.39 is 0 Å². The minimum absolute atomic E-state index is 0.210. The quantitative estimate of drug-likeness (QED) is 0.813. The lowest BCUT2D eigenvalue weighted by Gasteiger charge is -2.19. The maximum Gasteiger partial charge on any atom is 0.138 e. The molecule has 0 fully saturated rings. The monoisotopic (exact) mass is 308 g/mol. The van der Waals surface area contributed by atoms with Gasteiger partial charge in [-0.25, -0.2) is 9.67 Å². The first kappa shape index (κ1) is 16.0. The zero-order chi connectivity index (χ0) is 15.2. The van der Waals surface area contributed by atoms with E-state index in [1.165, 1.54) is 4.88 Å². The van der Waals surface area contributed by atoms with Gasteiger partial charge in [0.1, 0.15) is 17.9 Å². The Labute approximate surface area is 130 Å². The molecule has 0 aliphatic heterocycles. The third-order valence-electron chi connectivity index (χ3n) is 3.36. The number of hydrogen-bond acceptors (Lipinski definition) is 5. The highest BCUT2D eigenvalue weighted by Crippen LogP contribution is 2.32. The summed E-state index contributed by atoms with van der Waals surface area (Å²) in [6, 6.07) is 2.55. The summed E-state index contributed by atoms with van der Waals surface area (Å²) in [5.41, 5.74) is 0. The lowest BCUT2D eigenvalue weighted by atomic mass is 10.1. The van der Waals surface area contributed by atoms with Gasteiger partial charge in [-0.3, -0.25) is 0 Å². The Morgan fingerprint density at radius 2 is 2.24 bits per heavy atom. The van der Waals surface area contributed by atoms with E-state index in [4.69, 9.17) is 4.74 Å². The van der Waals surface area contributed by atoms with E-state index in [1.54, 1.807) is 24.8 Å². The first-order valence-corrected chi connectivity index (χ1v) is 8.28. The van der Waals surface area contributed by atoms with Gasteiger partial charge in [-0.2, -0.15) is 5.10 Å². The second-order valence-electron chi connectivity index (χ2n) is 5.28. The average Bonchev–Trinajstić information content (AvgIpc) is 3.11. The molecule has 0 spiro atoms. The Bertz CT molecular complexity index is 549. The molecule has 0 radical (unpaired) electrons. The van der Waals surface area contributed by atoms with Crippen molar-refractivity contribution in [3.8, 4) is 5.75 Å². The molecule has 0 amide bonds. The summed E-state index contributed by atoms with van der Waals surface area (Å²) in [4.78, 5) is 5.65. The molecule has 0 bridgehead atoms. The molecule has 6 heteroatoms. The molecule has 1 N–H and O–H groups in total. The van der Waals surface area contributed by atoms with Crippen molar-refractivity contribution in [1.82, 2.24) is 20.1 Å². The number of methoxy groups -OCH3 is 1. The Kier molecular flexibility index (Phi) is 5.76. The fourth-order valence-electron chi connectivity index (χ4n) is 2.34. The van der Waals surface area contributed by atoms with Crippen LogP contribution in [0.5, 0.6) is 5.75 Å². The highest BCUT2D eigenvalue weighted by molar-refractivity contribution is 7.10. The SMILES string of the molecule is CCCNC(Cc1ncnn1C(C)C)c1sccc1OC. The van der Waals surface area contributed by atoms with Crippen LogP contribution in [0, 0.1) is 0 Å². The molecule has 0 aliphatic rings. The molecule has 1 unspecified atom stereocenters. The fraction of sp³-hybridized carbons (Fsp3) is 0.600. The van der Waals surface area contributed by atoms with Gasteiger partial charge >= 0.3 is 0 Å². The van der Waals surface area contributed by atoms with E-state index in [0.29, 0.717) is 6.04 Å². The van der Waals surface area contributed by atoms with Crippen molar-refractivity contribution < 1.29 is 4.74 Å². The van der Waals surface area contributed by atoms with Crippen LogP contribution >= 0.6 is 11.3 Å². The second-order valence-corrected chi connectivity index (χ2v) is 6.23. The molecule has 1 atom stereocenters. The average molecular weight is 308 g/mol. The number of hydrogen-bond donors (Lipinski definition) is 1. The number of rotatable bonds is 8. The van der Waals surface area contributed by atoms with Crippen molar-refractivity contribution in [3.05, 3.63) is 28.5 Å². The van der Waals surface area contributed by atoms with Crippen LogP contribution in [0.25, 0.3) is 0 Å². The largest absolute Gasteiger partial charge is 0.496 e. The molecule has 5 nitrogen and oxygen atoms in total. The van der Waals surface area contributed by atoms with Crippen LogP contribution in [0.1, 0.15) is 50.0 Å². The van der Waals surface area contributed by atoms with Crippen LogP contribution in [0.4, 0.5) is 0 Å². The van der Waals surface area contributed by atoms with Crippen molar-refractivity contribution in [2.45, 2.75) is 45.7 Å². The van der Waals surface area contributed by atoms with Gasteiger partial charge in [0, 0.05) is 12.5 Å². The molecule has 2 rings (SSSR count). The van der Waals surface area contributed by atoms with Crippen molar-refractivity contribution >= 4 is 11.3 Å². The Morgan fingerprint density at radius 1 is 1.43 bits per heavy atom. The van der Waals surface area contributed by atoms with Gasteiger partial charge in [-0.05, 0) is 38.3 Å². The molecule has 116 valence electrons. The fourth-order valence-corrected chi connectivity index (χ4v) is 3.28. The van der Waals surface area contributed by atoms with Gasteiger partial charge in [-0.1, -0.05) is 6.92 Å². The normalized spacial score (nSPS) is 12.8. The molecule has 0 aromatic carbocycles. The van der Waals surface area contributed by atoms with Gasteiger partial charge < -0.3 is 10.1 Å². The Morgan fingerprint density at radius 3 is 2.90 bits per heavy atom. The van der Waals surface area contributed by atoms with Gasteiger partial charge in [0.2, 0.25) is 0 Å². The predicted octanol–water partition coefficient (Wildman–Crippen LogP) is 3.21. The molecule has 21 heavy (non-hydrogen) atoms. The number of nitrogens with one attached hydrogen (secondary N) is 1. The number of aromatic nitrogens is 3. The smallest absolute Gasteiger partial charge is 0.138 e. The first-order valence-electron chi connectivity index (χ1n) is 7.40. The first-order chi connectivity index (χ1) is 10.2. The van der Waals surface area contributed by atoms with Gasteiger partial charge in [0.25, 0.3) is 0 Å². The summed E-state index contributed by atoms with van der Waals surface area (Å²) in [5, 5.41) is 9.99. The summed E-state index contributed by atoms with van der Waals surface area (Å²) in [6.07, 6.45) is 3.55. The highest BCUT2D eigenvalue weighted by Gasteiger charge is 2.20. The van der Waals surface area contributed by atoms with Crippen LogP contribution in [0.15, 0.2) is 17.8 Å². The zero-order valence-corrected chi connectivity index (χ0v) is 14.0. The van der Waals surface area contributed by atoms with Crippen LogP contribution in [0.2, 0.25) is 0 Å². The van der Waals surface area contributed by atoms with E-state index in [1.807, 2.05) is 10.7 Å². The third-order valence-corrected chi connectivity index (χ3v) is 4.37. The second kappa shape index (κ2) is 7.56. The van der Waals surface area contributed by atoms with Crippen molar-refractivity contribution in [1.29, 1.82) is 0 Å². The number of ether oxygens (including phenoxy) is 1.